The molecule has 0 spiro atoms. The molecule has 2 aromatic rings. The van der Waals surface area contributed by atoms with Crippen molar-refractivity contribution >= 4 is 23.2 Å². The Morgan fingerprint density at radius 2 is 1.88 bits per heavy atom. The molecule has 136 valence electrons. The number of hydrogen-bond donors (Lipinski definition) is 0. The molecule has 0 N–H and O–H groups in total. The maximum absolute atomic E-state index is 12.8. The lowest BCUT2D eigenvalue weighted by Gasteiger charge is -2.23. The molecule has 0 aliphatic heterocycles. The summed E-state index contributed by atoms with van der Waals surface area (Å²) >= 11 is 1.71. The molecule has 0 aromatic carbocycles. The molecule has 2 rings (SSSR count). The number of nitrogens with zero attached hydrogens (tertiary/aromatic N) is 3. The number of thiophene rings is 1. The summed E-state index contributed by atoms with van der Waals surface area (Å²) in [5.41, 5.74) is 2.67. The monoisotopic (exact) mass is 361 g/mol. The van der Waals surface area contributed by atoms with Gasteiger partial charge in [-0.25, -0.2) is 0 Å². The molecule has 0 aliphatic rings. The van der Waals surface area contributed by atoms with Crippen LogP contribution in [0.4, 0.5) is 0 Å². The van der Waals surface area contributed by atoms with Crippen molar-refractivity contribution < 1.29 is 9.59 Å². The molecular formula is C19H27N3O2S. The van der Waals surface area contributed by atoms with Crippen LogP contribution in [0.1, 0.15) is 40.5 Å². The summed E-state index contributed by atoms with van der Waals surface area (Å²) < 4.78 is 2.15. The first-order valence-corrected chi connectivity index (χ1v) is 9.49. The zero-order chi connectivity index (χ0) is 18.6. The number of carbonyl (C=O) groups excluding carboxylic acids is 2. The van der Waals surface area contributed by atoms with Crippen LogP contribution >= 0.6 is 11.3 Å². The summed E-state index contributed by atoms with van der Waals surface area (Å²) in [5.74, 6) is -0.126. The number of likely N-dealkylation sites (N-methyl/N-ethyl adjacent to an activating group) is 2. The van der Waals surface area contributed by atoms with Crippen LogP contribution in [0, 0.1) is 13.8 Å². The molecule has 0 radical (unpaired) electrons. The fourth-order valence-corrected chi connectivity index (χ4v) is 3.67. The van der Waals surface area contributed by atoms with Gasteiger partial charge in [0.2, 0.25) is 5.91 Å². The van der Waals surface area contributed by atoms with Crippen LogP contribution in [0.3, 0.4) is 0 Å². The first kappa shape index (κ1) is 19.2. The van der Waals surface area contributed by atoms with Gasteiger partial charge in [0.1, 0.15) is 0 Å². The highest BCUT2D eigenvalue weighted by atomic mass is 32.1. The Morgan fingerprint density at radius 3 is 2.44 bits per heavy atom. The Hall–Kier alpha value is -2.08. The van der Waals surface area contributed by atoms with E-state index in [9.17, 15) is 9.59 Å². The zero-order valence-electron chi connectivity index (χ0n) is 15.7. The molecule has 2 aromatic heterocycles. The van der Waals surface area contributed by atoms with E-state index in [1.807, 2.05) is 39.8 Å². The predicted molar refractivity (Wildman–Crippen MR) is 102 cm³/mol. The van der Waals surface area contributed by atoms with Crippen molar-refractivity contribution in [2.45, 2.75) is 34.2 Å². The summed E-state index contributed by atoms with van der Waals surface area (Å²) in [6, 6.07) is 6.05. The van der Waals surface area contributed by atoms with Gasteiger partial charge >= 0.3 is 0 Å². The van der Waals surface area contributed by atoms with Crippen LogP contribution in [-0.2, 0) is 11.3 Å². The van der Waals surface area contributed by atoms with E-state index in [0.29, 0.717) is 18.7 Å². The summed E-state index contributed by atoms with van der Waals surface area (Å²) in [6.45, 7) is 10.1. The third-order valence-corrected chi connectivity index (χ3v) is 5.39. The lowest BCUT2D eigenvalue weighted by atomic mass is 10.2. The Bertz CT molecular complexity index is 730. The van der Waals surface area contributed by atoms with Crippen molar-refractivity contribution in [2.75, 3.05) is 26.7 Å². The van der Waals surface area contributed by atoms with E-state index in [4.69, 9.17) is 0 Å². The lowest BCUT2D eigenvalue weighted by molar-refractivity contribution is -0.131. The highest BCUT2D eigenvalue weighted by Gasteiger charge is 2.22. The van der Waals surface area contributed by atoms with E-state index in [0.717, 1.165) is 17.9 Å². The average molecular weight is 362 g/mol. The van der Waals surface area contributed by atoms with Crippen molar-refractivity contribution in [1.29, 1.82) is 0 Å². The lowest BCUT2D eigenvalue weighted by Crippen LogP contribution is -2.41. The molecule has 2 heterocycles. The largest absolute Gasteiger partial charge is 0.343 e. The second-order valence-corrected chi connectivity index (χ2v) is 7.21. The highest BCUT2D eigenvalue weighted by Crippen LogP contribution is 2.20. The molecule has 2 amide bonds. The molecule has 5 nitrogen and oxygen atoms in total. The molecule has 0 unspecified atom stereocenters. The van der Waals surface area contributed by atoms with Gasteiger partial charge in [-0.2, -0.15) is 0 Å². The number of aryl methyl sites for hydroxylation is 1. The van der Waals surface area contributed by atoms with Crippen molar-refractivity contribution in [3.05, 3.63) is 45.4 Å². The first-order valence-electron chi connectivity index (χ1n) is 8.61. The van der Waals surface area contributed by atoms with Crippen molar-refractivity contribution in [1.82, 2.24) is 14.4 Å². The van der Waals surface area contributed by atoms with E-state index in [2.05, 4.69) is 16.0 Å². The zero-order valence-corrected chi connectivity index (χ0v) is 16.5. The number of rotatable bonds is 7. The number of carbonyl (C=O) groups is 2. The Morgan fingerprint density at radius 1 is 1.20 bits per heavy atom. The van der Waals surface area contributed by atoms with E-state index in [-0.39, 0.29) is 18.4 Å². The van der Waals surface area contributed by atoms with Crippen LogP contribution in [-0.4, -0.2) is 52.9 Å². The standard InChI is InChI=1S/C19H27N3O2S/c1-6-21(7-2)18(23)13-20(5)19(24)17-11-14(3)22(15(17)4)12-16-9-8-10-25-16/h8-11H,6-7,12-13H2,1-5H3. The Labute approximate surface area is 153 Å². The van der Waals surface area contributed by atoms with Crippen molar-refractivity contribution in [3.8, 4) is 0 Å². The third kappa shape index (κ3) is 4.31. The third-order valence-electron chi connectivity index (χ3n) is 4.53. The van der Waals surface area contributed by atoms with E-state index < -0.39 is 0 Å². The second kappa shape index (κ2) is 8.34. The number of aromatic nitrogens is 1. The van der Waals surface area contributed by atoms with E-state index >= 15 is 0 Å². The van der Waals surface area contributed by atoms with Crippen LogP contribution in [0.5, 0.6) is 0 Å². The van der Waals surface area contributed by atoms with E-state index in [1.54, 1.807) is 23.3 Å². The van der Waals surface area contributed by atoms with Crippen LogP contribution in [0.25, 0.3) is 0 Å². The maximum atomic E-state index is 12.8. The predicted octanol–water partition coefficient (Wildman–Crippen LogP) is 3.16. The molecule has 6 heteroatoms. The Balaban J connectivity index is 2.15. The second-order valence-electron chi connectivity index (χ2n) is 6.18. The van der Waals surface area contributed by atoms with Gasteiger partial charge in [-0.15, -0.1) is 11.3 Å². The van der Waals surface area contributed by atoms with Crippen molar-refractivity contribution in [3.63, 3.8) is 0 Å². The minimum Gasteiger partial charge on any atom is -0.343 e. The fourth-order valence-electron chi connectivity index (χ4n) is 2.98. The molecule has 0 aliphatic carbocycles. The Kier molecular flexibility index (Phi) is 6.42. The first-order chi connectivity index (χ1) is 11.9. The minimum absolute atomic E-state index is 0.0201. The van der Waals surface area contributed by atoms with Gasteiger partial charge in [-0.3, -0.25) is 9.59 Å². The topological polar surface area (TPSA) is 45.6 Å². The van der Waals surface area contributed by atoms with Crippen molar-refractivity contribution in [2.24, 2.45) is 0 Å². The van der Waals surface area contributed by atoms with Gasteiger partial charge < -0.3 is 14.4 Å². The normalized spacial score (nSPS) is 10.8. The molecule has 0 bridgehead atoms. The molecule has 0 saturated heterocycles. The summed E-state index contributed by atoms with van der Waals surface area (Å²) in [6.07, 6.45) is 0. The number of amides is 2. The summed E-state index contributed by atoms with van der Waals surface area (Å²) in [5, 5.41) is 2.06. The van der Waals surface area contributed by atoms with Crippen LogP contribution in [0.15, 0.2) is 23.6 Å². The van der Waals surface area contributed by atoms with Gasteiger partial charge in [0.25, 0.3) is 5.91 Å². The molecule has 25 heavy (non-hydrogen) atoms. The van der Waals surface area contributed by atoms with Gasteiger partial charge in [-0.05, 0) is 45.2 Å². The molecule has 0 atom stereocenters. The maximum Gasteiger partial charge on any atom is 0.255 e. The number of hydrogen-bond acceptors (Lipinski definition) is 3. The molecule has 0 fully saturated rings. The van der Waals surface area contributed by atoms with E-state index in [1.165, 1.54) is 9.78 Å². The van der Waals surface area contributed by atoms with Gasteiger partial charge in [-0.1, -0.05) is 6.07 Å². The highest BCUT2D eigenvalue weighted by molar-refractivity contribution is 7.09. The molecular weight excluding hydrogens is 334 g/mol. The average Bonchev–Trinajstić information content (AvgIpc) is 3.19. The fraction of sp³-hybridized carbons (Fsp3) is 0.474. The van der Waals surface area contributed by atoms with Gasteiger partial charge in [0.05, 0.1) is 18.7 Å². The molecule has 0 saturated carbocycles. The minimum atomic E-state index is -0.106. The van der Waals surface area contributed by atoms with Gasteiger partial charge in [0, 0.05) is 36.4 Å². The SMILES string of the molecule is CCN(CC)C(=O)CN(C)C(=O)c1cc(C)n(Cc2cccs2)c1C. The van der Waals surface area contributed by atoms with Gasteiger partial charge in [0.15, 0.2) is 0 Å². The summed E-state index contributed by atoms with van der Waals surface area (Å²) in [4.78, 5) is 29.6. The van der Waals surface area contributed by atoms with Crippen LogP contribution in [0.2, 0.25) is 0 Å². The quantitative estimate of drug-likeness (QED) is 0.760. The van der Waals surface area contributed by atoms with Crippen LogP contribution < -0.4 is 0 Å². The smallest absolute Gasteiger partial charge is 0.255 e. The summed E-state index contributed by atoms with van der Waals surface area (Å²) in [7, 11) is 1.69.